The van der Waals surface area contributed by atoms with E-state index in [9.17, 15) is 0 Å². The van der Waals surface area contributed by atoms with Gasteiger partial charge in [-0.1, -0.05) is 129 Å². The van der Waals surface area contributed by atoms with E-state index in [4.69, 9.17) is 10.6 Å². The molecule has 10 heteroatoms. The molecule has 1 aliphatic rings. The monoisotopic (exact) mass is 747 g/mol. The zero-order valence-corrected chi connectivity index (χ0v) is 27.3. The zero-order valence-electron chi connectivity index (χ0n) is 19.7. The summed E-state index contributed by atoms with van der Waals surface area (Å²) in [7, 11) is 10.2. The third-order valence-electron chi connectivity index (χ3n) is 5.46. The molecule has 4 rings (SSSR count). The third kappa shape index (κ3) is 20.9. The molecule has 210 valence electrons. The standard InChI is InChI=1S/C20H26N2P2.C6H6.CH4.4Ar.ClH.Ru/c23-19-11-5-1-7-15(19)13-21-17-9-3-4-10-18(17)22-14-16-8-2-6-12-20(16)24;1-2-4-6-5-3-1;;;;;;;/h1-2,5-8,11-12,17-18H,3-4,9-10,13-14,23-24H2;1-6H;1H4;;;;;1H;/q-2;;;;;;;;+4/p-1. The Bertz CT molecular complexity index is 817. The van der Waals surface area contributed by atoms with E-state index in [1.165, 1.54) is 47.4 Å². The average molecular weight is 747 g/mol. The average Bonchev–Trinajstić information content (AvgIpc) is 2.86. The maximum Gasteiger partial charge on any atom is -0.0623 e. The van der Waals surface area contributed by atoms with Crippen LogP contribution >= 0.6 is 28.2 Å². The Labute approximate surface area is 364 Å². The van der Waals surface area contributed by atoms with Crippen LogP contribution in [0.5, 0.6) is 0 Å². The molecule has 0 aromatic heterocycles. The minimum atomic E-state index is 0. The van der Waals surface area contributed by atoms with Gasteiger partial charge in [0.05, 0.1) is 0 Å². The van der Waals surface area contributed by atoms with Crippen molar-refractivity contribution in [3.63, 3.8) is 0 Å². The minimum absolute atomic E-state index is 0. The van der Waals surface area contributed by atoms with Gasteiger partial charge in [0.15, 0.2) is 0 Å². The Balaban J connectivity index is -0.000000367. The molecule has 0 amide bonds. The summed E-state index contributed by atoms with van der Waals surface area (Å²) in [6, 6.07) is 29.7. The van der Waals surface area contributed by atoms with Crippen molar-refractivity contribution in [2.75, 3.05) is 0 Å². The van der Waals surface area contributed by atoms with E-state index < -0.39 is 0 Å². The first-order valence-electron chi connectivity index (χ1n) is 10.9. The predicted octanol–water partition coefficient (Wildman–Crippen LogP) is 7.46. The van der Waals surface area contributed by atoms with Gasteiger partial charge in [0.2, 0.25) is 0 Å². The van der Waals surface area contributed by atoms with Gasteiger partial charge >= 0.3 is 27.0 Å². The second-order valence-corrected chi connectivity index (χ2v) is 8.90. The summed E-state index contributed by atoms with van der Waals surface area (Å²) >= 11 is 1.82. The summed E-state index contributed by atoms with van der Waals surface area (Å²) in [4.78, 5) is 0. The van der Waals surface area contributed by atoms with Gasteiger partial charge in [-0.25, -0.2) is 0 Å². The van der Waals surface area contributed by atoms with Crippen LogP contribution in [0.3, 0.4) is 0 Å². The first kappa shape index (κ1) is 48.3. The van der Waals surface area contributed by atoms with Crippen LogP contribution in [0.1, 0.15) is 44.2 Å². The largest absolute Gasteiger partial charge is 0.0623 e. The fourth-order valence-corrected chi connectivity index (χ4v) is 4.29. The van der Waals surface area contributed by atoms with Gasteiger partial charge in [-0.2, -0.15) is 12.1 Å². The van der Waals surface area contributed by atoms with Crippen molar-refractivity contribution in [3.8, 4) is 0 Å². The molecule has 2 nitrogen and oxygen atoms in total. The maximum atomic E-state index is 5.02. The van der Waals surface area contributed by atoms with Gasteiger partial charge in [-0.3, -0.25) is 0 Å². The summed E-state index contributed by atoms with van der Waals surface area (Å²) in [5, 5.41) is 12.5. The quantitative estimate of drug-likeness (QED) is 0.185. The van der Waals surface area contributed by atoms with E-state index in [0.717, 1.165) is 13.1 Å². The van der Waals surface area contributed by atoms with Crippen LogP contribution in [0.15, 0.2) is 84.9 Å². The number of hydrogen-bond acceptors (Lipinski definition) is 0. The molecule has 0 bridgehead atoms. The van der Waals surface area contributed by atoms with Gasteiger partial charge < -0.3 is 10.6 Å². The summed E-state index contributed by atoms with van der Waals surface area (Å²) < 4.78 is 0. The first-order valence-corrected chi connectivity index (χ1v) is 14.3. The molecule has 0 heterocycles. The van der Waals surface area contributed by atoms with Crippen LogP contribution in [-0.4, -0.2) is 12.1 Å². The third-order valence-corrected chi connectivity index (χ3v) is 6.59. The summed E-state index contributed by atoms with van der Waals surface area (Å²) in [6.07, 6.45) is 4.91. The predicted molar refractivity (Wildman–Crippen MR) is 151 cm³/mol. The second kappa shape index (κ2) is 31.8. The maximum absolute atomic E-state index is 5.02. The van der Waals surface area contributed by atoms with Crippen molar-refractivity contribution in [2.24, 2.45) is 0 Å². The Morgan fingerprint density at radius 1 is 0.595 bits per heavy atom. The molecule has 3 aromatic carbocycles. The number of halogens is 1. The van der Waals surface area contributed by atoms with E-state index in [1.807, 2.05) is 53.7 Å². The molecular formula is C27H36Ar4ClN2P2Ru+. The normalized spacial score (nSPS) is 15.0. The van der Waals surface area contributed by atoms with E-state index in [2.05, 4.69) is 76.7 Å². The minimum Gasteiger partial charge on any atom is -0.0623 e. The zero-order chi connectivity index (χ0) is 23.0. The van der Waals surface area contributed by atoms with Gasteiger partial charge in [-0.15, -0.1) is 31.6 Å². The molecule has 37 heavy (non-hydrogen) atoms. The van der Waals surface area contributed by atoms with Gasteiger partial charge in [0, 0.05) is 151 Å². The van der Waals surface area contributed by atoms with Crippen molar-refractivity contribution in [1.29, 1.82) is 0 Å². The molecule has 0 saturated heterocycles. The summed E-state index contributed by atoms with van der Waals surface area (Å²) in [6.45, 7) is 1.60. The molecule has 0 N–H and O–H groups in total. The molecule has 0 aliphatic heterocycles. The Kier molecular flexibility index (Phi) is 41.5. The first-order chi connectivity index (χ1) is 15.7. The summed E-state index contributed by atoms with van der Waals surface area (Å²) in [5.74, 6) is 0. The Morgan fingerprint density at radius 3 is 1.19 bits per heavy atom. The smallest absolute Gasteiger partial charge is 0.0623 e. The van der Waals surface area contributed by atoms with Crippen molar-refractivity contribution in [3.05, 3.63) is 107 Å². The number of rotatable bonds is 6. The molecule has 3 aromatic rings. The molecule has 4 unspecified atom stereocenters. The van der Waals surface area contributed by atoms with E-state index in [-0.39, 0.29) is 158 Å². The van der Waals surface area contributed by atoms with Crippen molar-refractivity contribution < 1.29 is 168 Å². The topological polar surface area (TPSA) is 28.2 Å². The Hall–Kier alpha value is 4.39. The summed E-state index contributed by atoms with van der Waals surface area (Å²) in [5.41, 5.74) is 2.62. The second-order valence-electron chi connectivity index (χ2n) is 7.65. The van der Waals surface area contributed by atoms with Gasteiger partial charge in [-0.05, 0) is 10.6 Å². The van der Waals surface area contributed by atoms with E-state index in [0.29, 0.717) is 12.1 Å². The molecule has 4 atom stereocenters. The van der Waals surface area contributed by atoms with Crippen LogP contribution in [0, 0.1) is 151 Å². The van der Waals surface area contributed by atoms with Crippen LogP contribution in [0.4, 0.5) is 0 Å². The molecule has 0 spiro atoms. The van der Waals surface area contributed by atoms with E-state index >= 15 is 0 Å². The van der Waals surface area contributed by atoms with Crippen LogP contribution in [0.2, 0.25) is 0 Å². The number of benzene rings is 3. The van der Waals surface area contributed by atoms with Gasteiger partial charge in [0.25, 0.3) is 0 Å². The van der Waals surface area contributed by atoms with Crippen molar-refractivity contribution in [2.45, 2.75) is 58.3 Å². The van der Waals surface area contributed by atoms with Crippen LogP contribution in [0.25, 0.3) is 10.6 Å². The van der Waals surface area contributed by atoms with Crippen molar-refractivity contribution in [1.82, 2.24) is 0 Å². The Morgan fingerprint density at radius 2 is 0.892 bits per heavy atom. The fourth-order valence-electron chi connectivity index (χ4n) is 3.69. The van der Waals surface area contributed by atoms with Crippen molar-refractivity contribution >= 4 is 38.8 Å². The van der Waals surface area contributed by atoms with Crippen LogP contribution < -0.4 is 10.6 Å². The molecular weight excluding hydrogens is 711 g/mol. The molecule has 0 radical (unpaired) electrons. The molecule has 1 aliphatic carbocycles. The SMILES string of the molecule is C.Pc1ccccc1C[N-]C1CCCCC1[N-]Cc1ccccc1P.[Ar].[Ar].[Ar].[Ar].[Cl][Ru+3].c1ccccc1. The van der Waals surface area contributed by atoms with Gasteiger partial charge in [0.1, 0.15) is 0 Å². The molecule has 1 fully saturated rings. The number of nitrogens with zero attached hydrogens (tertiary/aromatic N) is 2. The fraction of sp³-hybridized carbons (Fsp3) is 0.333. The molecule has 1 saturated carbocycles. The van der Waals surface area contributed by atoms with Crippen LogP contribution in [-0.2, 0) is 30.4 Å². The number of hydrogen-bond donors (Lipinski definition) is 0. The van der Waals surface area contributed by atoms with E-state index in [1.54, 1.807) is 0 Å².